The van der Waals surface area contributed by atoms with Gasteiger partial charge in [-0.05, 0) is 74.8 Å². The number of rotatable bonds is 14. The van der Waals surface area contributed by atoms with Crippen LogP contribution in [0.2, 0.25) is 5.02 Å². The van der Waals surface area contributed by atoms with E-state index >= 15 is 0 Å². The topological polar surface area (TPSA) is 205 Å². The van der Waals surface area contributed by atoms with Gasteiger partial charge in [0.2, 0.25) is 11.8 Å². The monoisotopic (exact) mass is 835 g/mol. The lowest BCUT2D eigenvalue weighted by Gasteiger charge is -2.35. The quantitative estimate of drug-likeness (QED) is 0.139. The second kappa shape index (κ2) is 16.1. The summed E-state index contributed by atoms with van der Waals surface area (Å²) in [5, 5.41) is 31.4. The molecule has 8 atom stereocenters. The van der Waals surface area contributed by atoms with Crippen LogP contribution in [-0.2, 0) is 19.1 Å². The lowest BCUT2D eigenvalue weighted by molar-refractivity contribution is -0.146. The van der Waals surface area contributed by atoms with Crippen molar-refractivity contribution in [2.24, 2.45) is 23.2 Å². The number of nitrogens with one attached hydrogen (secondary N) is 3. The summed E-state index contributed by atoms with van der Waals surface area (Å²) in [4.78, 5) is 65.6. The molecule has 310 valence electrons. The molecule has 3 saturated carbocycles. The number of carboxylic acid groups (broad SMARTS) is 1. The first-order chi connectivity index (χ1) is 27.5. The van der Waals surface area contributed by atoms with E-state index in [4.69, 9.17) is 41.0 Å². The molecule has 2 aromatic heterocycles. The lowest BCUT2D eigenvalue weighted by Crippen LogP contribution is -2.59. The van der Waals surface area contributed by atoms with Gasteiger partial charge in [0.05, 0.1) is 17.8 Å². The molecule has 1 aromatic carbocycles. The summed E-state index contributed by atoms with van der Waals surface area (Å²) in [6.45, 7) is 11.0. The van der Waals surface area contributed by atoms with Crippen molar-refractivity contribution in [1.29, 1.82) is 5.26 Å². The fourth-order valence-electron chi connectivity index (χ4n) is 8.39. The van der Waals surface area contributed by atoms with Gasteiger partial charge in [-0.25, -0.2) is 19.6 Å². The van der Waals surface area contributed by atoms with Gasteiger partial charge in [-0.2, -0.15) is 5.26 Å². The number of alkyl carbamates (subject to hydrolysis) is 1. The second-order valence-corrected chi connectivity index (χ2v) is 18.6. The Hall–Kier alpha value is -4.88. The van der Waals surface area contributed by atoms with Crippen LogP contribution >= 0.6 is 22.9 Å². The maximum atomic E-state index is 14.7. The molecule has 3 aliphatic carbocycles. The minimum absolute atomic E-state index is 0.0195. The number of nitrogens with zero attached hydrogens (tertiary/aromatic N) is 4. The predicted octanol–water partition coefficient (Wildman–Crippen LogP) is 6.39. The number of pyridine rings is 1. The smallest absolute Gasteiger partial charge is 0.408 e. The highest BCUT2D eigenvalue weighted by atomic mass is 35.5. The molecule has 58 heavy (non-hydrogen) atoms. The van der Waals surface area contributed by atoms with E-state index in [-0.39, 0.29) is 54.8 Å². The van der Waals surface area contributed by atoms with Crippen LogP contribution in [0.3, 0.4) is 0 Å². The van der Waals surface area contributed by atoms with Crippen molar-refractivity contribution < 1.29 is 38.5 Å². The molecule has 1 saturated heterocycles. The van der Waals surface area contributed by atoms with Crippen molar-refractivity contribution in [2.45, 2.75) is 116 Å². The highest BCUT2D eigenvalue weighted by Crippen LogP contribution is 2.52. The van der Waals surface area contributed by atoms with Crippen LogP contribution in [0.5, 0.6) is 11.5 Å². The number of thiazole rings is 1. The van der Waals surface area contributed by atoms with Gasteiger partial charge in [0, 0.05) is 29.3 Å². The molecule has 4 N–H and O–H groups in total. The normalized spacial score (nSPS) is 26.4. The maximum Gasteiger partial charge on any atom is 0.408 e. The number of fused-ring (bicyclic) bond motifs is 2. The van der Waals surface area contributed by atoms with Crippen LogP contribution in [-0.4, -0.2) is 92.9 Å². The van der Waals surface area contributed by atoms with Gasteiger partial charge in [0.1, 0.15) is 58.1 Å². The van der Waals surface area contributed by atoms with E-state index in [0.29, 0.717) is 51.4 Å². The Balaban J connectivity index is 1.21. The first-order valence-electron chi connectivity index (χ1n) is 19.9. The Bertz CT molecular complexity index is 2140. The van der Waals surface area contributed by atoms with Crippen molar-refractivity contribution >= 4 is 62.8 Å². The number of halogens is 1. The van der Waals surface area contributed by atoms with Gasteiger partial charge < -0.3 is 40.2 Å². The number of hydrogen-bond donors (Lipinski definition) is 4. The summed E-state index contributed by atoms with van der Waals surface area (Å²) in [7, 11) is 0. The molecular weight excluding hydrogens is 786 g/mol. The van der Waals surface area contributed by atoms with Crippen molar-refractivity contribution in [3.05, 3.63) is 28.6 Å². The van der Waals surface area contributed by atoms with Crippen molar-refractivity contribution in [3.8, 4) is 29.0 Å². The fourth-order valence-corrected chi connectivity index (χ4v) is 9.50. The van der Waals surface area contributed by atoms with E-state index < -0.39 is 53.0 Å². The zero-order valence-corrected chi connectivity index (χ0v) is 35.0. The molecule has 1 aliphatic heterocycles. The van der Waals surface area contributed by atoms with Crippen molar-refractivity contribution in [1.82, 2.24) is 25.5 Å². The largest absolute Gasteiger partial charge is 0.488 e. The Morgan fingerprint density at radius 2 is 1.83 bits per heavy atom. The third-order valence-corrected chi connectivity index (χ3v) is 12.8. The number of hydrogen-bond acceptors (Lipinski definition) is 12. The Morgan fingerprint density at radius 3 is 2.47 bits per heavy atom. The summed E-state index contributed by atoms with van der Waals surface area (Å²) in [6, 6.07) is 4.92. The van der Waals surface area contributed by atoms with Gasteiger partial charge in [-0.15, -0.1) is 11.3 Å². The molecule has 7 rings (SSSR count). The summed E-state index contributed by atoms with van der Waals surface area (Å²) in [5.41, 5.74) is -0.909. The number of aromatic nitrogens is 2. The third kappa shape index (κ3) is 8.47. The average molecular weight is 836 g/mol. The van der Waals surface area contributed by atoms with E-state index in [0.717, 1.165) is 19.3 Å². The Labute approximate surface area is 346 Å². The van der Waals surface area contributed by atoms with E-state index in [1.807, 2.05) is 53.0 Å². The zero-order chi connectivity index (χ0) is 41.7. The minimum Gasteiger partial charge on any atom is -0.488 e. The fraction of sp³-hybridized carbons (Fsp3) is 0.585. The van der Waals surface area contributed by atoms with E-state index in [9.17, 15) is 24.3 Å². The summed E-state index contributed by atoms with van der Waals surface area (Å²) in [5.74, 6) is -0.729. The number of nitriles is 1. The maximum absolute atomic E-state index is 14.7. The Kier molecular flexibility index (Phi) is 11.4. The molecule has 4 aliphatic rings. The minimum atomic E-state index is -1.43. The molecule has 15 nitrogen and oxygen atoms in total. The van der Waals surface area contributed by atoms with Crippen LogP contribution < -0.4 is 25.4 Å². The van der Waals surface area contributed by atoms with Crippen LogP contribution in [0.25, 0.3) is 22.3 Å². The summed E-state index contributed by atoms with van der Waals surface area (Å²) in [6.07, 6.45) is 1.99. The van der Waals surface area contributed by atoms with Gasteiger partial charge in [0.25, 0.3) is 0 Å². The summed E-state index contributed by atoms with van der Waals surface area (Å²) < 4.78 is 18.0. The van der Waals surface area contributed by atoms with Crippen molar-refractivity contribution in [2.75, 3.05) is 18.5 Å². The number of carboxylic acids is 1. The van der Waals surface area contributed by atoms with Crippen LogP contribution in [0.15, 0.2) is 23.6 Å². The van der Waals surface area contributed by atoms with Gasteiger partial charge in [-0.3, -0.25) is 9.59 Å². The number of benzene rings is 1. The van der Waals surface area contributed by atoms with Crippen molar-refractivity contribution in [3.63, 3.8) is 0 Å². The second-order valence-electron chi connectivity index (χ2n) is 17.3. The molecule has 0 bridgehead atoms. The number of likely N-dealkylation sites (tertiary alicyclic amines) is 1. The van der Waals surface area contributed by atoms with E-state index in [1.165, 1.54) is 16.2 Å². The number of anilines is 1. The highest BCUT2D eigenvalue weighted by Gasteiger charge is 2.61. The Morgan fingerprint density at radius 1 is 1.09 bits per heavy atom. The molecule has 3 aromatic rings. The first kappa shape index (κ1) is 41.3. The molecular formula is C41H50ClN7O8S. The van der Waals surface area contributed by atoms with E-state index in [1.54, 1.807) is 18.2 Å². The van der Waals surface area contributed by atoms with Crippen LogP contribution in [0.4, 0.5) is 9.93 Å². The molecule has 3 amide bonds. The number of amides is 3. The molecule has 4 fully saturated rings. The molecule has 3 heterocycles. The number of ether oxygens (including phenoxy) is 3. The summed E-state index contributed by atoms with van der Waals surface area (Å²) >= 11 is 8.25. The molecule has 2 unspecified atom stereocenters. The molecule has 0 radical (unpaired) electrons. The first-order valence-corrected chi connectivity index (χ1v) is 21.1. The van der Waals surface area contributed by atoms with Crippen LogP contribution in [0, 0.1) is 34.5 Å². The predicted molar refractivity (Wildman–Crippen MR) is 217 cm³/mol. The highest BCUT2D eigenvalue weighted by molar-refractivity contribution is 7.14. The lowest BCUT2D eigenvalue weighted by atomic mass is 9.85. The van der Waals surface area contributed by atoms with Gasteiger partial charge in [-0.1, -0.05) is 45.7 Å². The molecule has 17 heteroatoms. The average Bonchev–Trinajstić information content (AvgIpc) is 3.83. The number of aliphatic carboxylic acids is 1. The molecule has 0 spiro atoms. The SMILES string of the molecule is CC[C@@H]1C[C@@]1(NC(=O)[C@@H]1C[C@H](Oc2cc(-c3csc(NC(C)C)n3)nc3c(Cl)c(OCC#N)ccc23)CN1C(=O)[C@H](NC(=O)OC1CC2C[C@H]2C1)C(C)(C)C)C(=O)O. The van der Waals surface area contributed by atoms with Gasteiger partial charge in [0.15, 0.2) is 11.7 Å². The third-order valence-electron chi connectivity index (χ3n) is 11.6. The van der Waals surface area contributed by atoms with Crippen LogP contribution in [0.1, 0.15) is 80.1 Å². The number of carbonyl (C=O) groups is 4. The van der Waals surface area contributed by atoms with E-state index in [2.05, 4.69) is 16.0 Å². The number of carbonyl (C=O) groups excluding carboxylic acids is 3. The standard InChI is InChI=1S/C41H50ClN7O8S/c1-7-23-17-41(23,37(52)53)48-35(50)29-15-25(18-49(29)36(51)34(40(4,5)6)47-39(54)57-24-13-21-12-22(21)14-24)56-31-16-27(28-19-58-38(46-28)44-20(2)3)45-33-26(31)8-9-30(32(33)42)55-11-10-43/h8-9,16,19-25,29,34H,7,11-15,17-18H2,1-6H3,(H,44,46)(H,47,54)(H,48,50)(H,52,53)/t21-,22?,23+,24?,25-,29-,34-,41-/m0/s1. The zero-order valence-electron chi connectivity index (χ0n) is 33.5. The van der Waals surface area contributed by atoms with Gasteiger partial charge >= 0.3 is 12.1 Å².